The summed E-state index contributed by atoms with van der Waals surface area (Å²) in [6.07, 6.45) is 2.40. The zero-order chi connectivity index (χ0) is 19.4. The number of imidazole rings is 1. The quantitative estimate of drug-likeness (QED) is 0.387. The maximum Gasteiger partial charge on any atom is 0.307 e. The van der Waals surface area contributed by atoms with Crippen LogP contribution in [0.1, 0.15) is 33.0 Å². The van der Waals surface area contributed by atoms with Gasteiger partial charge < -0.3 is 14.6 Å². The molecule has 2 aromatic heterocycles. The number of carbonyl (C=O) groups excluding carboxylic acids is 3. The summed E-state index contributed by atoms with van der Waals surface area (Å²) in [5.74, 6) is 0.101. The van der Waals surface area contributed by atoms with Crippen molar-refractivity contribution < 1.29 is 19.1 Å². The Balaban J connectivity index is 1.88. The highest BCUT2D eigenvalue weighted by atomic mass is 16.5. The second kappa shape index (κ2) is 7.77. The van der Waals surface area contributed by atoms with Crippen molar-refractivity contribution in [3.63, 3.8) is 0 Å². The van der Waals surface area contributed by atoms with Gasteiger partial charge in [-0.25, -0.2) is 9.97 Å². The highest BCUT2D eigenvalue weighted by Crippen LogP contribution is 2.21. The first-order chi connectivity index (χ1) is 13.0. The third-order valence-corrected chi connectivity index (χ3v) is 4.18. The summed E-state index contributed by atoms with van der Waals surface area (Å²) < 4.78 is 6.26. The van der Waals surface area contributed by atoms with E-state index >= 15 is 0 Å². The fourth-order valence-electron chi connectivity index (χ4n) is 2.74. The van der Waals surface area contributed by atoms with Crippen LogP contribution in [-0.4, -0.2) is 46.2 Å². The molecule has 0 aliphatic heterocycles. The molecule has 0 fully saturated rings. The number of ketones is 1. The van der Waals surface area contributed by atoms with Crippen LogP contribution in [0.3, 0.4) is 0 Å². The number of hydrogen-bond donors (Lipinski definition) is 1. The number of rotatable bonds is 7. The van der Waals surface area contributed by atoms with E-state index in [4.69, 9.17) is 0 Å². The van der Waals surface area contributed by atoms with E-state index in [1.54, 1.807) is 48.1 Å². The Hall–Kier alpha value is -3.55. The molecule has 2 heterocycles. The highest BCUT2D eigenvalue weighted by molar-refractivity contribution is 6.13. The van der Waals surface area contributed by atoms with E-state index in [1.165, 1.54) is 7.11 Å². The van der Waals surface area contributed by atoms with Crippen molar-refractivity contribution in [2.24, 2.45) is 7.05 Å². The number of nitrogens with one attached hydrogen (secondary N) is 1. The van der Waals surface area contributed by atoms with E-state index in [0.29, 0.717) is 41.1 Å². The predicted octanol–water partition coefficient (Wildman–Crippen LogP) is 1.99. The summed E-state index contributed by atoms with van der Waals surface area (Å²) in [5, 5.41) is 2.99. The zero-order valence-electron chi connectivity index (χ0n) is 14.9. The van der Waals surface area contributed by atoms with Gasteiger partial charge in [0.1, 0.15) is 5.82 Å². The van der Waals surface area contributed by atoms with Crippen molar-refractivity contribution in [3.8, 4) is 0 Å². The third-order valence-electron chi connectivity index (χ3n) is 4.18. The largest absolute Gasteiger partial charge is 0.469 e. The Kier molecular flexibility index (Phi) is 5.25. The van der Waals surface area contributed by atoms with Crippen molar-refractivity contribution in [1.29, 1.82) is 0 Å². The number of anilines is 1. The van der Waals surface area contributed by atoms with Gasteiger partial charge in [0.05, 0.1) is 30.1 Å². The molecule has 1 N–H and O–H groups in total. The molecule has 0 aliphatic carbocycles. The van der Waals surface area contributed by atoms with E-state index < -0.39 is 0 Å². The lowest BCUT2D eigenvalue weighted by Gasteiger charge is -2.10. The topological polar surface area (TPSA) is 103 Å². The lowest BCUT2D eigenvalue weighted by molar-refractivity contribution is -0.140. The third kappa shape index (κ3) is 3.69. The fraction of sp³-hybridized carbons (Fsp3) is 0.211. The van der Waals surface area contributed by atoms with E-state index in [-0.39, 0.29) is 18.2 Å². The van der Waals surface area contributed by atoms with Gasteiger partial charge in [-0.3, -0.25) is 14.4 Å². The summed E-state index contributed by atoms with van der Waals surface area (Å²) in [7, 11) is 3.06. The SMILES string of the molecule is COC(=O)CCNc1ncccc1C(=O)c1ccc2c(c1)nc(C=O)n2C. The van der Waals surface area contributed by atoms with E-state index in [0.717, 1.165) is 5.52 Å². The summed E-state index contributed by atoms with van der Waals surface area (Å²) in [6.45, 7) is 0.298. The van der Waals surface area contributed by atoms with Crippen LogP contribution in [-0.2, 0) is 16.6 Å². The molecule has 0 radical (unpaired) electrons. The van der Waals surface area contributed by atoms with Gasteiger partial charge in [0, 0.05) is 25.4 Å². The molecule has 0 unspecified atom stereocenters. The molecule has 27 heavy (non-hydrogen) atoms. The summed E-state index contributed by atoms with van der Waals surface area (Å²) >= 11 is 0. The lowest BCUT2D eigenvalue weighted by Crippen LogP contribution is -2.13. The first-order valence-corrected chi connectivity index (χ1v) is 8.27. The molecule has 0 aliphatic rings. The van der Waals surface area contributed by atoms with E-state index in [2.05, 4.69) is 20.0 Å². The molecule has 3 aromatic rings. The Morgan fingerprint density at radius 1 is 1.30 bits per heavy atom. The van der Waals surface area contributed by atoms with Gasteiger partial charge in [0.25, 0.3) is 0 Å². The zero-order valence-corrected chi connectivity index (χ0v) is 14.9. The number of esters is 1. The van der Waals surface area contributed by atoms with Gasteiger partial charge in [0.2, 0.25) is 0 Å². The van der Waals surface area contributed by atoms with Crippen LogP contribution >= 0.6 is 0 Å². The number of methoxy groups -OCH3 is 1. The lowest BCUT2D eigenvalue weighted by atomic mass is 10.0. The number of ether oxygens (including phenoxy) is 1. The van der Waals surface area contributed by atoms with Gasteiger partial charge in [-0.2, -0.15) is 0 Å². The number of benzene rings is 1. The minimum atomic E-state index is -0.349. The Morgan fingerprint density at radius 2 is 2.11 bits per heavy atom. The van der Waals surface area contributed by atoms with Crippen LogP contribution in [0, 0.1) is 0 Å². The van der Waals surface area contributed by atoms with Crippen molar-refractivity contribution in [2.45, 2.75) is 6.42 Å². The number of aromatic nitrogens is 3. The van der Waals surface area contributed by atoms with Crippen molar-refractivity contribution in [2.75, 3.05) is 19.0 Å². The molecule has 0 saturated carbocycles. The molecule has 0 atom stereocenters. The Labute approximate surface area is 155 Å². The highest BCUT2D eigenvalue weighted by Gasteiger charge is 2.17. The molecular formula is C19H18N4O4. The monoisotopic (exact) mass is 366 g/mol. The summed E-state index contributed by atoms with van der Waals surface area (Å²) in [4.78, 5) is 43.7. The number of hydrogen-bond acceptors (Lipinski definition) is 7. The second-order valence-electron chi connectivity index (χ2n) is 5.83. The second-order valence-corrected chi connectivity index (χ2v) is 5.83. The maximum absolute atomic E-state index is 12.9. The minimum Gasteiger partial charge on any atom is -0.469 e. The summed E-state index contributed by atoms with van der Waals surface area (Å²) in [6, 6.07) is 8.42. The molecule has 3 rings (SSSR count). The number of fused-ring (bicyclic) bond motifs is 1. The van der Waals surface area contributed by atoms with Crippen LogP contribution in [0.25, 0.3) is 11.0 Å². The Morgan fingerprint density at radius 3 is 2.85 bits per heavy atom. The predicted molar refractivity (Wildman–Crippen MR) is 98.9 cm³/mol. The standard InChI is InChI=1S/C19H18N4O4/c1-23-15-6-5-12(10-14(15)22-16(23)11-24)18(26)13-4-3-8-20-19(13)21-9-7-17(25)27-2/h3-6,8,10-11H,7,9H2,1-2H3,(H,20,21). The molecular weight excluding hydrogens is 348 g/mol. The minimum absolute atomic E-state index is 0.162. The molecule has 8 heteroatoms. The first-order valence-electron chi connectivity index (χ1n) is 8.27. The molecule has 0 amide bonds. The van der Waals surface area contributed by atoms with Gasteiger partial charge in [0.15, 0.2) is 17.9 Å². The maximum atomic E-state index is 12.9. The van der Waals surface area contributed by atoms with Gasteiger partial charge >= 0.3 is 5.97 Å². The molecule has 1 aromatic carbocycles. The molecule has 0 bridgehead atoms. The van der Waals surface area contributed by atoms with Gasteiger partial charge in [-0.1, -0.05) is 0 Å². The number of aryl methyl sites for hydroxylation is 1. The van der Waals surface area contributed by atoms with Crippen molar-refractivity contribution >= 4 is 34.9 Å². The summed E-state index contributed by atoms with van der Waals surface area (Å²) in [5.41, 5.74) is 2.14. The number of carbonyl (C=O) groups is 3. The van der Waals surface area contributed by atoms with Crippen LogP contribution in [0.2, 0.25) is 0 Å². The average Bonchev–Trinajstić information content (AvgIpc) is 3.02. The molecule has 138 valence electrons. The normalized spacial score (nSPS) is 10.6. The molecule has 0 saturated heterocycles. The Bertz CT molecular complexity index is 1030. The van der Waals surface area contributed by atoms with E-state index in [1.807, 2.05) is 0 Å². The number of nitrogens with zero attached hydrogens (tertiary/aromatic N) is 3. The van der Waals surface area contributed by atoms with Crippen LogP contribution in [0.5, 0.6) is 0 Å². The van der Waals surface area contributed by atoms with Crippen LogP contribution < -0.4 is 5.32 Å². The smallest absolute Gasteiger partial charge is 0.307 e. The van der Waals surface area contributed by atoms with Crippen LogP contribution in [0.4, 0.5) is 5.82 Å². The number of aldehydes is 1. The molecule has 8 nitrogen and oxygen atoms in total. The average molecular weight is 366 g/mol. The van der Waals surface area contributed by atoms with Crippen molar-refractivity contribution in [1.82, 2.24) is 14.5 Å². The molecule has 0 spiro atoms. The first kappa shape index (κ1) is 18.2. The van der Waals surface area contributed by atoms with E-state index in [9.17, 15) is 14.4 Å². The van der Waals surface area contributed by atoms with Gasteiger partial charge in [-0.15, -0.1) is 0 Å². The van der Waals surface area contributed by atoms with Gasteiger partial charge in [-0.05, 0) is 30.3 Å². The fourth-order valence-corrected chi connectivity index (χ4v) is 2.74. The number of pyridine rings is 1. The van der Waals surface area contributed by atoms with Crippen LogP contribution in [0.15, 0.2) is 36.5 Å². The van der Waals surface area contributed by atoms with Crippen molar-refractivity contribution in [3.05, 3.63) is 53.5 Å².